The number of nitrogens with zero attached hydrogens (tertiary/aromatic N) is 1. The molecule has 1 saturated heterocycles. The second kappa shape index (κ2) is 4.61. The Morgan fingerprint density at radius 3 is 2.41 bits per heavy atom. The Hall–Kier alpha value is -1.78. The van der Waals surface area contributed by atoms with Crippen LogP contribution >= 0.6 is 0 Å². The number of carbonyl (C=O) groups is 2. The monoisotopic (exact) mass is 302 g/mol. The molecule has 1 aromatic rings. The summed E-state index contributed by atoms with van der Waals surface area (Å²) < 4.78 is 5.41. The molecule has 3 fully saturated rings. The Balaban J connectivity index is 1.31. The summed E-state index contributed by atoms with van der Waals surface area (Å²) in [5, 5.41) is 3.08. The van der Waals surface area contributed by atoms with Crippen LogP contribution in [0, 0.1) is 25.2 Å². The number of furan rings is 1. The maximum atomic E-state index is 12.3. The van der Waals surface area contributed by atoms with Crippen molar-refractivity contribution in [3.8, 4) is 0 Å². The molecule has 5 heteroatoms. The van der Waals surface area contributed by atoms with Crippen LogP contribution in [0.4, 0.5) is 0 Å². The summed E-state index contributed by atoms with van der Waals surface area (Å²) in [6.45, 7) is 5.18. The SMILES string of the molecule is Cc1cc(C(=O)NC2CCN(C(=O)C34CC3C4)CC2)c(C)o1. The number of hydrogen-bond donors (Lipinski definition) is 1. The van der Waals surface area contributed by atoms with Gasteiger partial charge in [-0.3, -0.25) is 9.59 Å². The molecule has 3 aliphatic rings. The predicted octanol–water partition coefficient (Wildman–Crippen LogP) is 2.03. The molecular weight excluding hydrogens is 280 g/mol. The molecule has 0 unspecified atom stereocenters. The van der Waals surface area contributed by atoms with Crippen LogP contribution in [-0.4, -0.2) is 35.8 Å². The van der Waals surface area contributed by atoms with Crippen LogP contribution in [-0.2, 0) is 4.79 Å². The molecule has 2 saturated carbocycles. The molecule has 0 spiro atoms. The van der Waals surface area contributed by atoms with Crippen molar-refractivity contribution in [1.82, 2.24) is 10.2 Å². The number of fused-ring (bicyclic) bond motifs is 1. The molecule has 22 heavy (non-hydrogen) atoms. The van der Waals surface area contributed by atoms with Gasteiger partial charge in [-0.05, 0) is 51.5 Å². The van der Waals surface area contributed by atoms with Crippen LogP contribution < -0.4 is 5.32 Å². The van der Waals surface area contributed by atoms with Crippen molar-refractivity contribution < 1.29 is 14.0 Å². The van der Waals surface area contributed by atoms with Crippen molar-refractivity contribution in [1.29, 1.82) is 0 Å². The number of amides is 2. The second-order valence-electron chi connectivity index (χ2n) is 7.13. The van der Waals surface area contributed by atoms with Gasteiger partial charge in [0.05, 0.1) is 11.0 Å². The topological polar surface area (TPSA) is 62.6 Å². The minimum absolute atomic E-state index is 0.0674. The summed E-state index contributed by atoms with van der Waals surface area (Å²) >= 11 is 0. The summed E-state index contributed by atoms with van der Waals surface area (Å²) in [5.41, 5.74) is 0.690. The highest BCUT2D eigenvalue weighted by atomic mass is 16.3. The van der Waals surface area contributed by atoms with Gasteiger partial charge in [-0.15, -0.1) is 0 Å². The van der Waals surface area contributed by atoms with Crippen molar-refractivity contribution in [2.24, 2.45) is 11.3 Å². The lowest BCUT2D eigenvalue weighted by atomic mass is 10.0. The lowest BCUT2D eigenvalue weighted by Gasteiger charge is -2.33. The average molecular weight is 302 g/mol. The number of nitrogens with one attached hydrogen (secondary N) is 1. The standard InChI is InChI=1S/C17H22N2O3/c1-10-7-14(11(2)22-10)15(20)18-13-3-5-19(6-4-13)16(21)17-8-12(17)9-17/h7,12-13H,3-6,8-9H2,1-2H3,(H,18,20). The van der Waals surface area contributed by atoms with E-state index in [1.165, 1.54) is 0 Å². The molecule has 0 radical (unpaired) electrons. The zero-order valence-corrected chi connectivity index (χ0v) is 13.1. The highest BCUT2D eigenvalue weighted by Crippen LogP contribution is 2.76. The summed E-state index contributed by atoms with van der Waals surface area (Å²) in [7, 11) is 0. The van der Waals surface area contributed by atoms with E-state index in [2.05, 4.69) is 5.32 Å². The number of rotatable bonds is 3. The Bertz CT molecular complexity index is 634. The van der Waals surface area contributed by atoms with E-state index in [4.69, 9.17) is 4.42 Å². The van der Waals surface area contributed by atoms with E-state index < -0.39 is 0 Å². The van der Waals surface area contributed by atoms with Gasteiger partial charge >= 0.3 is 0 Å². The van der Waals surface area contributed by atoms with Gasteiger partial charge in [0.25, 0.3) is 5.91 Å². The van der Waals surface area contributed by atoms with Crippen molar-refractivity contribution in [2.45, 2.75) is 45.6 Å². The van der Waals surface area contributed by atoms with Crippen molar-refractivity contribution >= 4 is 11.8 Å². The van der Waals surface area contributed by atoms with E-state index in [1.807, 2.05) is 18.7 Å². The normalized spacial score (nSPS) is 29.9. The molecular formula is C17H22N2O3. The van der Waals surface area contributed by atoms with Gasteiger partial charge in [0.1, 0.15) is 11.5 Å². The Kier molecular flexibility index (Phi) is 2.90. The third-order valence-electron chi connectivity index (χ3n) is 5.51. The Labute approximate surface area is 130 Å². The number of carbonyl (C=O) groups excluding carboxylic acids is 2. The molecule has 1 aliphatic heterocycles. The molecule has 5 nitrogen and oxygen atoms in total. The highest BCUT2D eigenvalue weighted by Gasteiger charge is 2.75. The van der Waals surface area contributed by atoms with Gasteiger partial charge < -0.3 is 14.6 Å². The third-order valence-corrected chi connectivity index (χ3v) is 5.51. The van der Waals surface area contributed by atoms with Crippen LogP contribution in [0.3, 0.4) is 0 Å². The zero-order chi connectivity index (χ0) is 15.5. The summed E-state index contributed by atoms with van der Waals surface area (Å²) in [5.74, 6) is 2.41. The molecule has 0 atom stereocenters. The van der Waals surface area contributed by atoms with E-state index in [1.54, 1.807) is 6.07 Å². The first-order valence-electron chi connectivity index (χ1n) is 8.17. The maximum absolute atomic E-state index is 12.3. The van der Waals surface area contributed by atoms with Gasteiger partial charge in [-0.2, -0.15) is 0 Å². The highest BCUT2D eigenvalue weighted by molar-refractivity contribution is 5.95. The second-order valence-corrected chi connectivity index (χ2v) is 7.13. The van der Waals surface area contributed by atoms with Crippen LogP contribution in [0.1, 0.15) is 47.6 Å². The molecule has 0 bridgehead atoms. The van der Waals surface area contributed by atoms with E-state index in [0.717, 1.165) is 44.5 Å². The molecule has 2 heterocycles. The van der Waals surface area contributed by atoms with E-state index in [0.29, 0.717) is 23.1 Å². The molecule has 1 aromatic heterocycles. The molecule has 2 amide bonds. The number of hydrogen-bond acceptors (Lipinski definition) is 3. The fourth-order valence-corrected chi connectivity index (χ4v) is 3.71. The third kappa shape index (κ3) is 2.14. The van der Waals surface area contributed by atoms with Crippen molar-refractivity contribution in [3.05, 3.63) is 23.2 Å². The van der Waals surface area contributed by atoms with Gasteiger partial charge in [-0.1, -0.05) is 0 Å². The molecule has 4 rings (SSSR count). The van der Waals surface area contributed by atoms with Crippen LogP contribution in [0.5, 0.6) is 0 Å². The minimum Gasteiger partial charge on any atom is -0.466 e. The first kappa shape index (κ1) is 13.9. The van der Waals surface area contributed by atoms with Gasteiger partial charge in [0.2, 0.25) is 5.91 Å². The smallest absolute Gasteiger partial charge is 0.255 e. The summed E-state index contributed by atoms with van der Waals surface area (Å²) in [6, 6.07) is 1.93. The largest absolute Gasteiger partial charge is 0.466 e. The Morgan fingerprint density at radius 2 is 1.91 bits per heavy atom. The van der Waals surface area contributed by atoms with E-state index >= 15 is 0 Å². The van der Waals surface area contributed by atoms with Gasteiger partial charge in [-0.25, -0.2) is 0 Å². The van der Waals surface area contributed by atoms with Crippen molar-refractivity contribution in [2.75, 3.05) is 13.1 Å². The van der Waals surface area contributed by atoms with Crippen LogP contribution in [0.25, 0.3) is 0 Å². The average Bonchev–Trinajstić information content (AvgIpc) is 3.31. The van der Waals surface area contributed by atoms with Crippen molar-refractivity contribution in [3.63, 3.8) is 0 Å². The first-order chi connectivity index (χ1) is 10.5. The Morgan fingerprint density at radius 1 is 1.27 bits per heavy atom. The molecule has 1 N–H and O–H groups in total. The lowest BCUT2D eigenvalue weighted by Crippen LogP contribution is -2.47. The van der Waals surface area contributed by atoms with Crippen LogP contribution in [0.2, 0.25) is 0 Å². The summed E-state index contributed by atoms with van der Waals surface area (Å²) in [4.78, 5) is 26.6. The molecule has 0 aromatic carbocycles. The summed E-state index contributed by atoms with van der Waals surface area (Å²) in [6.07, 6.45) is 3.91. The quantitative estimate of drug-likeness (QED) is 0.929. The molecule has 118 valence electrons. The van der Waals surface area contributed by atoms with Crippen LogP contribution in [0.15, 0.2) is 10.5 Å². The minimum atomic E-state index is -0.0674. The molecule has 2 aliphatic carbocycles. The number of piperidine rings is 1. The predicted molar refractivity (Wildman–Crippen MR) is 80.4 cm³/mol. The lowest BCUT2D eigenvalue weighted by molar-refractivity contribution is -0.135. The van der Waals surface area contributed by atoms with E-state index in [9.17, 15) is 9.59 Å². The zero-order valence-electron chi connectivity index (χ0n) is 13.1. The van der Waals surface area contributed by atoms with E-state index in [-0.39, 0.29) is 17.4 Å². The van der Waals surface area contributed by atoms with Gasteiger partial charge in [0, 0.05) is 19.1 Å². The number of likely N-dealkylation sites (tertiary alicyclic amines) is 1. The number of aryl methyl sites for hydroxylation is 2. The fourth-order valence-electron chi connectivity index (χ4n) is 3.71. The maximum Gasteiger partial charge on any atom is 0.255 e. The fraction of sp³-hybridized carbons (Fsp3) is 0.647. The van der Waals surface area contributed by atoms with Gasteiger partial charge in [0.15, 0.2) is 0 Å². The first-order valence-corrected chi connectivity index (χ1v) is 8.17.